The smallest absolute Gasteiger partial charge is 0.304 e. The van der Waals surface area contributed by atoms with Crippen LogP contribution in [0.4, 0.5) is 4.39 Å². The molecule has 5 heteroatoms. The maximum absolute atomic E-state index is 13.7. The highest BCUT2D eigenvalue weighted by molar-refractivity contribution is 5.67. The second-order valence-corrected chi connectivity index (χ2v) is 4.19. The van der Waals surface area contributed by atoms with Gasteiger partial charge in [0.05, 0.1) is 12.5 Å². The van der Waals surface area contributed by atoms with Crippen molar-refractivity contribution in [3.05, 3.63) is 35.6 Å². The molecule has 0 amide bonds. The van der Waals surface area contributed by atoms with Gasteiger partial charge in [0.25, 0.3) is 0 Å². The van der Waals surface area contributed by atoms with Gasteiger partial charge in [0.2, 0.25) is 0 Å². The largest absolute Gasteiger partial charge is 0.481 e. The van der Waals surface area contributed by atoms with E-state index < -0.39 is 18.1 Å². The maximum atomic E-state index is 13.7. The van der Waals surface area contributed by atoms with Crippen LogP contribution in [-0.2, 0) is 4.79 Å². The first-order valence-corrected chi connectivity index (χ1v) is 5.31. The van der Waals surface area contributed by atoms with Crippen molar-refractivity contribution >= 4 is 5.97 Å². The quantitative estimate of drug-likeness (QED) is 0.812. The Hall–Kier alpha value is -1.46. The number of rotatable bonds is 5. The summed E-state index contributed by atoms with van der Waals surface area (Å²) in [6, 6.07) is 5.17. The molecule has 0 heterocycles. The fourth-order valence-electron chi connectivity index (χ4n) is 1.92. The first-order valence-electron chi connectivity index (χ1n) is 5.31. The van der Waals surface area contributed by atoms with E-state index in [1.807, 2.05) is 0 Å². The van der Waals surface area contributed by atoms with E-state index in [0.717, 1.165) is 0 Å². The minimum Gasteiger partial charge on any atom is -0.481 e. The molecule has 17 heavy (non-hydrogen) atoms. The molecule has 2 unspecified atom stereocenters. The third kappa shape index (κ3) is 3.51. The fourth-order valence-corrected chi connectivity index (χ4v) is 1.92. The zero-order chi connectivity index (χ0) is 13.0. The molecular formula is C12H17FN2O2. The predicted octanol–water partition coefficient (Wildman–Crippen LogP) is 1.23. The van der Waals surface area contributed by atoms with Crippen molar-refractivity contribution in [2.24, 2.45) is 5.73 Å². The van der Waals surface area contributed by atoms with E-state index in [4.69, 9.17) is 10.8 Å². The third-order valence-corrected chi connectivity index (χ3v) is 2.60. The van der Waals surface area contributed by atoms with Crippen molar-refractivity contribution in [3.8, 4) is 0 Å². The van der Waals surface area contributed by atoms with E-state index in [1.54, 1.807) is 37.2 Å². The lowest BCUT2D eigenvalue weighted by Gasteiger charge is -2.29. The highest BCUT2D eigenvalue weighted by Crippen LogP contribution is 2.25. The van der Waals surface area contributed by atoms with E-state index in [-0.39, 0.29) is 12.2 Å². The minimum atomic E-state index is -0.985. The van der Waals surface area contributed by atoms with Gasteiger partial charge in [-0.1, -0.05) is 18.2 Å². The molecule has 1 rings (SSSR count). The first-order chi connectivity index (χ1) is 7.93. The summed E-state index contributed by atoms with van der Waals surface area (Å²) < 4.78 is 13.7. The fraction of sp³-hybridized carbons (Fsp3) is 0.417. The highest BCUT2D eigenvalue weighted by atomic mass is 19.1. The summed E-state index contributed by atoms with van der Waals surface area (Å²) >= 11 is 0. The van der Waals surface area contributed by atoms with Crippen LogP contribution in [0.3, 0.4) is 0 Å². The second-order valence-electron chi connectivity index (χ2n) is 4.19. The number of halogens is 1. The Bertz CT molecular complexity index is 396. The lowest BCUT2D eigenvalue weighted by atomic mass is 9.96. The van der Waals surface area contributed by atoms with Crippen LogP contribution < -0.4 is 5.73 Å². The number of nitrogens with two attached hydrogens (primary N) is 1. The molecular weight excluding hydrogens is 223 g/mol. The summed E-state index contributed by atoms with van der Waals surface area (Å²) in [4.78, 5) is 12.4. The molecule has 0 aromatic heterocycles. The first kappa shape index (κ1) is 13.6. The van der Waals surface area contributed by atoms with Crippen LogP contribution in [0.5, 0.6) is 0 Å². The number of hydrogen-bond donors (Lipinski definition) is 2. The molecule has 0 fully saturated rings. The van der Waals surface area contributed by atoms with E-state index in [2.05, 4.69) is 0 Å². The van der Waals surface area contributed by atoms with E-state index in [1.165, 1.54) is 6.07 Å². The second kappa shape index (κ2) is 5.75. The van der Waals surface area contributed by atoms with Gasteiger partial charge in [0.15, 0.2) is 0 Å². The zero-order valence-electron chi connectivity index (χ0n) is 9.93. The number of carbonyl (C=O) groups is 1. The Balaban J connectivity index is 3.01. The Morgan fingerprint density at radius 1 is 1.47 bits per heavy atom. The Morgan fingerprint density at radius 2 is 2.06 bits per heavy atom. The van der Waals surface area contributed by atoms with Gasteiger partial charge in [-0.2, -0.15) is 0 Å². The van der Waals surface area contributed by atoms with Crippen LogP contribution in [0.1, 0.15) is 18.0 Å². The average molecular weight is 240 g/mol. The van der Waals surface area contributed by atoms with Crippen molar-refractivity contribution in [2.45, 2.75) is 18.5 Å². The minimum absolute atomic E-state index is 0.197. The van der Waals surface area contributed by atoms with Crippen LogP contribution in [0.25, 0.3) is 0 Å². The lowest BCUT2D eigenvalue weighted by molar-refractivity contribution is -0.137. The summed E-state index contributed by atoms with van der Waals surface area (Å²) in [5.74, 6) is -1.35. The van der Waals surface area contributed by atoms with Gasteiger partial charge in [-0.25, -0.2) is 4.39 Å². The number of carboxylic acids is 1. The summed E-state index contributed by atoms with van der Waals surface area (Å²) in [6.45, 7) is 0. The van der Waals surface area contributed by atoms with Crippen LogP contribution in [0, 0.1) is 5.82 Å². The van der Waals surface area contributed by atoms with Crippen LogP contribution in [0.15, 0.2) is 24.3 Å². The Kier molecular flexibility index (Phi) is 4.60. The monoisotopic (exact) mass is 240 g/mol. The molecule has 0 saturated heterocycles. The zero-order valence-corrected chi connectivity index (χ0v) is 9.93. The summed E-state index contributed by atoms with van der Waals surface area (Å²) in [7, 11) is 3.50. The van der Waals surface area contributed by atoms with Crippen molar-refractivity contribution in [2.75, 3.05) is 14.1 Å². The van der Waals surface area contributed by atoms with E-state index in [9.17, 15) is 9.18 Å². The van der Waals surface area contributed by atoms with Crippen LogP contribution in [-0.4, -0.2) is 36.1 Å². The molecule has 3 N–H and O–H groups in total. The molecule has 0 aliphatic rings. The summed E-state index contributed by atoms with van der Waals surface area (Å²) in [5.41, 5.74) is 6.25. The van der Waals surface area contributed by atoms with E-state index in [0.29, 0.717) is 5.56 Å². The molecule has 0 aliphatic heterocycles. The van der Waals surface area contributed by atoms with Gasteiger partial charge >= 0.3 is 5.97 Å². The standard InChI is InChI=1S/C12H17FN2O2/c1-15(2)12(10(14)7-11(16)17)8-5-3-4-6-9(8)13/h3-6,10,12H,7,14H2,1-2H3,(H,16,17). The number of benzene rings is 1. The van der Waals surface area contributed by atoms with Crippen molar-refractivity contribution < 1.29 is 14.3 Å². The number of nitrogens with zero attached hydrogens (tertiary/aromatic N) is 1. The number of carboxylic acid groups (broad SMARTS) is 1. The lowest BCUT2D eigenvalue weighted by Crippen LogP contribution is -2.39. The third-order valence-electron chi connectivity index (χ3n) is 2.60. The van der Waals surface area contributed by atoms with Crippen molar-refractivity contribution in [1.29, 1.82) is 0 Å². The SMILES string of the molecule is CN(C)C(c1ccccc1F)C(N)CC(=O)O. The van der Waals surface area contributed by atoms with Gasteiger partial charge in [0.1, 0.15) is 5.82 Å². The predicted molar refractivity (Wildman–Crippen MR) is 63.1 cm³/mol. The van der Waals surface area contributed by atoms with Gasteiger partial charge in [-0.3, -0.25) is 4.79 Å². The van der Waals surface area contributed by atoms with Gasteiger partial charge < -0.3 is 15.7 Å². The maximum Gasteiger partial charge on any atom is 0.304 e. The van der Waals surface area contributed by atoms with Gasteiger partial charge in [-0.05, 0) is 20.2 Å². The topological polar surface area (TPSA) is 66.6 Å². The van der Waals surface area contributed by atoms with Crippen molar-refractivity contribution in [1.82, 2.24) is 4.90 Å². The molecule has 0 bridgehead atoms. The molecule has 0 radical (unpaired) electrons. The summed E-state index contributed by atoms with van der Waals surface area (Å²) in [5, 5.41) is 8.74. The Labute approximate surface area is 99.8 Å². The molecule has 1 aromatic rings. The number of hydrogen-bond acceptors (Lipinski definition) is 3. The number of aliphatic carboxylic acids is 1. The molecule has 94 valence electrons. The summed E-state index contributed by atoms with van der Waals surface area (Å²) in [6.07, 6.45) is -0.197. The molecule has 0 aliphatic carbocycles. The molecule has 1 aromatic carbocycles. The van der Waals surface area contributed by atoms with Gasteiger partial charge in [-0.15, -0.1) is 0 Å². The molecule has 4 nitrogen and oxygen atoms in total. The normalized spacial score (nSPS) is 14.6. The average Bonchev–Trinajstić information content (AvgIpc) is 2.19. The number of likely N-dealkylation sites (N-methyl/N-ethyl adjacent to an activating group) is 1. The van der Waals surface area contributed by atoms with Crippen LogP contribution in [0.2, 0.25) is 0 Å². The Morgan fingerprint density at radius 3 is 2.53 bits per heavy atom. The molecule has 2 atom stereocenters. The van der Waals surface area contributed by atoms with Crippen LogP contribution >= 0.6 is 0 Å². The van der Waals surface area contributed by atoms with Crippen molar-refractivity contribution in [3.63, 3.8) is 0 Å². The molecule has 0 spiro atoms. The van der Waals surface area contributed by atoms with Gasteiger partial charge in [0, 0.05) is 11.6 Å². The highest BCUT2D eigenvalue weighted by Gasteiger charge is 2.26. The van der Waals surface area contributed by atoms with E-state index >= 15 is 0 Å². The molecule has 0 saturated carbocycles.